The van der Waals surface area contributed by atoms with Gasteiger partial charge in [-0.2, -0.15) is 0 Å². The summed E-state index contributed by atoms with van der Waals surface area (Å²) in [5.74, 6) is 0.829. The summed E-state index contributed by atoms with van der Waals surface area (Å²) < 4.78 is 14.6. The third-order valence-corrected chi connectivity index (χ3v) is 4.05. The van der Waals surface area contributed by atoms with E-state index in [1.54, 1.807) is 6.07 Å². The summed E-state index contributed by atoms with van der Waals surface area (Å²) in [5, 5.41) is 15.6. The second-order valence-corrected chi connectivity index (χ2v) is 6.39. The van der Waals surface area contributed by atoms with Crippen LogP contribution in [0.25, 0.3) is 0 Å². The molecule has 0 saturated carbocycles. The number of hydrogen-bond donors (Lipinski definition) is 3. The number of guanidine groups is 1. The Balaban J connectivity index is 2.65. The van der Waals surface area contributed by atoms with Gasteiger partial charge >= 0.3 is 0 Å². The molecule has 0 amide bonds. The zero-order valence-corrected chi connectivity index (χ0v) is 15.5. The smallest absolute Gasteiger partial charge is 0.191 e. The van der Waals surface area contributed by atoms with E-state index < -0.39 is 0 Å². The van der Waals surface area contributed by atoms with Gasteiger partial charge in [0.15, 0.2) is 5.96 Å². The van der Waals surface area contributed by atoms with E-state index in [2.05, 4.69) is 38.5 Å². The molecule has 1 aromatic carbocycles. The van der Waals surface area contributed by atoms with Gasteiger partial charge in [-0.25, -0.2) is 9.38 Å². The summed E-state index contributed by atoms with van der Waals surface area (Å²) in [7, 11) is 0. The highest BCUT2D eigenvalue weighted by molar-refractivity contribution is 9.10. The summed E-state index contributed by atoms with van der Waals surface area (Å²) in [6.07, 6.45) is 2.93. The van der Waals surface area contributed by atoms with Gasteiger partial charge in [-0.3, -0.25) is 0 Å². The number of halogens is 2. The Morgan fingerprint density at radius 2 is 2.09 bits per heavy atom. The Morgan fingerprint density at radius 3 is 2.70 bits per heavy atom. The lowest BCUT2D eigenvalue weighted by Gasteiger charge is -2.18. The van der Waals surface area contributed by atoms with Crippen molar-refractivity contribution in [2.45, 2.75) is 39.7 Å². The molecule has 1 rings (SSSR count). The van der Waals surface area contributed by atoms with Gasteiger partial charge in [0.05, 0.1) is 6.54 Å². The normalized spacial score (nSPS) is 13.0. The van der Waals surface area contributed by atoms with E-state index in [9.17, 15) is 4.39 Å². The number of rotatable bonds is 9. The molecular formula is C17H27BrFN3O. The number of nitrogens with zero attached hydrogens (tertiary/aromatic N) is 1. The Bertz CT molecular complexity index is 491. The van der Waals surface area contributed by atoms with Crippen LogP contribution in [-0.4, -0.2) is 30.8 Å². The Kier molecular flexibility index (Phi) is 9.87. The van der Waals surface area contributed by atoms with E-state index >= 15 is 0 Å². The van der Waals surface area contributed by atoms with Crippen molar-refractivity contribution >= 4 is 21.9 Å². The molecule has 0 heterocycles. The number of hydrogen-bond acceptors (Lipinski definition) is 2. The van der Waals surface area contributed by atoms with Crippen LogP contribution in [-0.2, 0) is 6.54 Å². The minimum absolute atomic E-state index is 0.199. The third-order valence-electron chi connectivity index (χ3n) is 3.56. The minimum atomic E-state index is -0.261. The monoisotopic (exact) mass is 387 g/mol. The summed E-state index contributed by atoms with van der Waals surface area (Å²) in [6.45, 7) is 6.11. The summed E-state index contributed by atoms with van der Waals surface area (Å²) in [5.41, 5.74) is 0.561. The largest absolute Gasteiger partial charge is 0.396 e. The quantitative estimate of drug-likeness (QED) is 0.449. The molecule has 0 saturated heterocycles. The number of aliphatic hydroxyl groups is 1. The molecule has 1 aromatic rings. The van der Waals surface area contributed by atoms with E-state index in [0.29, 0.717) is 17.4 Å². The van der Waals surface area contributed by atoms with Gasteiger partial charge in [0.1, 0.15) is 5.82 Å². The van der Waals surface area contributed by atoms with Gasteiger partial charge in [0.2, 0.25) is 0 Å². The number of aliphatic imine (C=N–C) groups is 1. The van der Waals surface area contributed by atoms with Crippen molar-refractivity contribution < 1.29 is 9.50 Å². The maximum atomic E-state index is 13.8. The highest BCUT2D eigenvalue weighted by atomic mass is 79.9. The first-order valence-corrected chi connectivity index (χ1v) is 8.96. The topological polar surface area (TPSA) is 56.6 Å². The first-order valence-electron chi connectivity index (χ1n) is 8.17. The average molecular weight is 388 g/mol. The summed E-state index contributed by atoms with van der Waals surface area (Å²) in [4.78, 5) is 4.44. The molecule has 0 fully saturated rings. The van der Waals surface area contributed by atoms with Crippen LogP contribution in [0.2, 0.25) is 0 Å². The van der Waals surface area contributed by atoms with Crippen LogP contribution >= 0.6 is 15.9 Å². The molecule has 6 heteroatoms. The lowest BCUT2D eigenvalue weighted by Crippen LogP contribution is -2.40. The second kappa shape index (κ2) is 11.4. The van der Waals surface area contributed by atoms with Crippen molar-refractivity contribution in [1.29, 1.82) is 0 Å². The Morgan fingerprint density at radius 1 is 1.30 bits per heavy atom. The van der Waals surface area contributed by atoms with E-state index in [4.69, 9.17) is 5.11 Å². The van der Waals surface area contributed by atoms with Crippen LogP contribution in [0.1, 0.15) is 38.7 Å². The first-order chi connectivity index (χ1) is 11.1. The third kappa shape index (κ3) is 7.79. The molecule has 0 radical (unpaired) electrons. The van der Waals surface area contributed by atoms with Gasteiger partial charge in [0.25, 0.3) is 0 Å². The SMILES string of the molecule is CCCC(CCO)CNC(=NCc1ccc(Br)cc1F)NCC. The molecule has 0 aliphatic carbocycles. The maximum absolute atomic E-state index is 13.8. The van der Waals surface area contributed by atoms with Crippen LogP contribution in [0.15, 0.2) is 27.7 Å². The fourth-order valence-electron chi connectivity index (χ4n) is 2.34. The van der Waals surface area contributed by atoms with Crippen molar-refractivity contribution in [2.75, 3.05) is 19.7 Å². The van der Waals surface area contributed by atoms with Crippen molar-refractivity contribution in [3.63, 3.8) is 0 Å². The molecule has 23 heavy (non-hydrogen) atoms. The van der Waals surface area contributed by atoms with E-state index in [1.807, 2.05) is 13.0 Å². The molecule has 3 N–H and O–H groups in total. The van der Waals surface area contributed by atoms with Crippen molar-refractivity contribution in [3.05, 3.63) is 34.1 Å². The molecule has 4 nitrogen and oxygen atoms in total. The van der Waals surface area contributed by atoms with Crippen LogP contribution in [0.3, 0.4) is 0 Å². The zero-order chi connectivity index (χ0) is 17.1. The van der Waals surface area contributed by atoms with E-state index in [-0.39, 0.29) is 19.0 Å². The predicted octanol–water partition coefficient (Wildman–Crippen LogP) is 3.44. The average Bonchev–Trinajstić information content (AvgIpc) is 2.51. The van der Waals surface area contributed by atoms with Crippen LogP contribution in [0, 0.1) is 11.7 Å². The lowest BCUT2D eigenvalue weighted by molar-refractivity contribution is 0.251. The fraction of sp³-hybridized carbons (Fsp3) is 0.588. The number of aliphatic hydroxyl groups excluding tert-OH is 1. The maximum Gasteiger partial charge on any atom is 0.191 e. The van der Waals surface area contributed by atoms with Gasteiger partial charge in [-0.1, -0.05) is 35.3 Å². The first kappa shape index (κ1) is 19.9. The molecular weight excluding hydrogens is 361 g/mol. The molecule has 1 atom stereocenters. The lowest BCUT2D eigenvalue weighted by atomic mass is 10.0. The number of benzene rings is 1. The molecule has 0 spiro atoms. The van der Waals surface area contributed by atoms with Gasteiger partial charge in [-0.05, 0) is 37.8 Å². The van der Waals surface area contributed by atoms with Gasteiger partial charge in [0, 0.05) is 29.7 Å². The summed E-state index contributed by atoms with van der Waals surface area (Å²) in [6, 6.07) is 4.99. The molecule has 0 bridgehead atoms. The van der Waals surface area contributed by atoms with Crippen LogP contribution in [0.5, 0.6) is 0 Å². The Hall–Kier alpha value is -1.14. The Labute approximate surface area is 146 Å². The van der Waals surface area contributed by atoms with E-state index in [1.165, 1.54) is 6.07 Å². The molecule has 0 aromatic heterocycles. The molecule has 130 valence electrons. The second-order valence-electron chi connectivity index (χ2n) is 5.48. The highest BCUT2D eigenvalue weighted by Crippen LogP contribution is 2.16. The van der Waals surface area contributed by atoms with Gasteiger partial charge < -0.3 is 15.7 Å². The summed E-state index contributed by atoms with van der Waals surface area (Å²) >= 11 is 3.25. The van der Waals surface area contributed by atoms with Crippen LogP contribution in [0.4, 0.5) is 4.39 Å². The minimum Gasteiger partial charge on any atom is -0.396 e. The van der Waals surface area contributed by atoms with Crippen molar-refractivity contribution in [2.24, 2.45) is 10.9 Å². The zero-order valence-electron chi connectivity index (χ0n) is 13.9. The molecule has 0 aliphatic heterocycles. The standard InChI is InChI=1S/C17H27BrFN3O/c1-3-5-13(8-9-23)11-21-17(20-4-2)22-12-14-6-7-15(18)10-16(14)19/h6-7,10,13,23H,3-5,8-9,11-12H2,1-2H3,(H2,20,21,22). The number of nitrogens with one attached hydrogen (secondary N) is 2. The van der Waals surface area contributed by atoms with E-state index in [0.717, 1.165) is 36.8 Å². The van der Waals surface area contributed by atoms with Crippen molar-refractivity contribution in [3.8, 4) is 0 Å². The van der Waals surface area contributed by atoms with Crippen molar-refractivity contribution in [1.82, 2.24) is 10.6 Å². The fourth-order valence-corrected chi connectivity index (χ4v) is 2.67. The molecule has 1 unspecified atom stereocenters. The van der Waals surface area contributed by atoms with Gasteiger partial charge in [-0.15, -0.1) is 0 Å². The van der Waals surface area contributed by atoms with Crippen LogP contribution < -0.4 is 10.6 Å². The highest BCUT2D eigenvalue weighted by Gasteiger charge is 2.09. The molecule has 0 aliphatic rings. The predicted molar refractivity (Wildman–Crippen MR) is 97.0 cm³/mol.